The predicted molar refractivity (Wildman–Crippen MR) is 71.1 cm³/mol. The first-order chi connectivity index (χ1) is 8.74. The number of piperidine rings is 1. The molecular formula is C13H19N5. The molecule has 0 amide bonds. The number of hydrogen-bond donors (Lipinski definition) is 1. The van der Waals surface area contributed by atoms with Gasteiger partial charge in [-0.05, 0) is 38.4 Å². The van der Waals surface area contributed by atoms with Crippen LogP contribution in [-0.2, 0) is 6.54 Å². The van der Waals surface area contributed by atoms with Crippen LogP contribution >= 0.6 is 0 Å². The second-order valence-corrected chi connectivity index (χ2v) is 5.12. The molecule has 96 valence electrons. The number of nitrogens with zero attached hydrogens (tertiary/aromatic N) is 4. The van der Waals surface area contributed by atoms with Crippen molar-refractivity contribution in [1.29, 1.82) is 0 Å². The highest BCUT2D eigenvalue weighted by atomic mass is 15.3. The molecule has 5 nitrogen and oxygen atoms in total. The molecule has 3 rings (SSSR count). The van der Waals surface area contributed by atoms with Crippen LogP contribution < -0.4 is 5.73 Å². The average Bonchev–Trinajstić information content (AvgIpc) is 2.75. The molecule has 1 atom stereocenters. The van der Waals surface area contributed by atoms with E-state index >= 15 is 0 Å². The van der Waals surface area contributed by atoms with Crippen molar-refractivity contribution in [2.24, 2.45) is 0 Å². The molecule has 1 aliphatic heterocycles. The lowest BCUT2D eigenvalue weighted by Crippen LogP contribution is -2.37. The molecule has 0 bridgehead atoms. The molecule has 0 aromatic carbocycles. The van der Waals surface area contributed by atoms with E-state index in [9.17, 15) is 0 Å². The van der Waals surface area contributed by atoms with Crippen molar-refractivity contribution in [1.82, 2.24) is 19.5 Å². The molecule has 2 aromatic rings. The molecule has 18 heavy (non-hydrogen) atoms. The number of rotatable bonds is 2. The highest BCUT2D eigenvalue weighted by molar-refractivity contribution is 5.47. The van der Waals surface area contributed by atoms with Crippen LogP contribution in [-0.4, -0.2) is 32.1 Å². The first kappa shape index (κ1) is 11.5. The Morgan fingerprint density at radius 1 is 1.33 bits per heavy atom. The number of aromatic nitrogens is 3. The number of anilines is 1. The number of nitrogens with two attached hydrogens (primary N) is 1. The molecular weight excluding hydrogens is 226 g/mol. The first-order valence-electron chi connectivity index (χ1n) is 6.57. The number of likely N-dealkylation sites (tertiary alicyclic amines) is 1. The Balaban J connectivity index is 1.87. The van der Waals surface area contributed by atoms with Gasteiger partial charge in [0.05, 0.1) is 6.54 Å². The lowest BCUT2D eigenvalue weighted by Gasteiger charge is -2.32. The summed E-state index contributed by atoms with van der Waals surface area (Å²) in [5, 5.41) is 8.46. The van der Waals surface area contributed by atoms with Gasteiger partial charge in [-0.1, -0.05) is 6.42 Å². The molecule has 1 unspecified atom stereocenters. The number of hydrogen-bond acceptors (Lipinski definition) is 4. The van der Waals surface area contributed by atoms with Crippen LogP contribution in [0, 0.1) is 0 Å². The Bertz CT molecular complexity index is 547. The van der Waals surface area contributed by atoms with Gasteiger partial charge in [0.1, 0.15) is 0 Å². The maximum Gasteiger partial charge on any atom is 0.160 e. The van der Waals surface area contributed by atoms with Gasteiger partial charge in [0, 0.05) is 17.9 Å². The Hall–Kier alpha value is -1.62. The normalized spacial score (nSPS) is 21.5. The highest BCUT2D eigenvalue weighted by Gasteiger charge is 2.20. The lowest BCUT2D eigenvalue weighted by atomic mass is 10.0. The zero-order valence-corrected chi connectivity index (χ0v) is 10.7. The molecule has 3 heterocycles. The van der Waals surface area contributed by atoms with Crippen molar-refractivity contribution in [3.05, 3.63) is 24.2 Å². The molecule has 0 aliphatic carbocycles. The quantitative estimate of drug-likeness (QED) is 0.874. The second kappa shape index (κ2) is 4.57. The summed E-state index contributed by atoms with van der Waals surface area (Å²) in [6.07, 6.45) is 5.80. The lowest BCUT2D eigenvalue weighted by molar-refractivity contribution is 0.148. The van der Waals surface area contributed by atoms with Gasteiger partial charge in [-0.2, -0.15) is 0 Å². The van der Waals surface area contributed by atoms with E-state index in [-0.39, 0.29) is 0 Å². The van der Waals surface area contributed by atoms with Gasteiger partial charge < -0.3 is 5.73 Å². The molecule has 0 saturated carbocycles. The van der Waals surface area contributed by atoms with E-state index in [0.717, 1.165) is 30.2 Å². The fourth-order valence-electron chi connectivity index (χ4n) is 2.64. The zero-order valence-electron chi connectivity index (χ0n) is 10.7. The van der Waals surface area contributed by atoms with Crippen molar-refractivity contribution < 1.29 is 0 Å². The summed E-state index contributed by atoms with van der Waals surface area (Å²) in [6.45, 7) is 4.29. The molecule has 2 aromatic heterocycles. The third-order valence-corrected chi connectivity index (χ3v) is 3.78. The van der Waals surface area contributed by atoms with Gasteiger partial charge >= 0.3 is 0 Å². The largest absolute Gasteiger partial charge is 0.398 e. The zero-order chi connectivity index (χ0) is 12.5. The van der Waals surface area contributed by atoms with Crippen LogP contribution in [0.5, 0.6) is 0 Å². The van der Waals surface area contributed by atoms with Crippen LogP contribution in [0.2, 0.25) is 0 Å². The van der Waals surface area contributed by atoms with E-state index in [1.54, 1.807) is 0 Å². The summed E-state index contributed by atoms with van der Waals surface area (Å²) in [5.41, 5.74) is 7.43. The summed E-state index contributed by atoms with van der Waals surface area (Å²) < 4.78 is 2.00. The van der Waals surface area contributed by atoms with E-state index in [2.05, 4.69) is 22.0 Å². The van der Waals surface area contributed by atoms with Crippen LogP contribution in [0.15, 0.2) is 18.3 Å². The van der Waals surface area contributed by atoms with E-state index in [4.69, 9.17) is 5.73 Å². The standard InChI is InChI=1S/C13H19N5/c1-10-4-2-3-7-17(10)9-13-16-15-12-6-5-11(14)8-18(12)13/h5-6,8,10H,2-4,7,9,14H2,1H3. The smallest absolute Gasteiger partial charge is 0.160 e. The van der Waals surface area contributed by atoms with Crippen molar-refractivity contribution in [2.45, 2.75) is 38.8 Å². The topological polar surface area (TPSA) is 59.5 Å². The minimum absolute atomic E-state index is 0.632. The second-order valence-electron chi connectivity index (χ2n) is 5.12. The van der Waals surface area contributed by atoms with Crippen molar-refractivity contribution in [2.75, 3.05) is 12.3 Å². The summed E-state index contributed by atoms with van der Waals surface area (Å²) in [6, 6.07) is 4.40. The molecule has 0 spiro atoms. The Kier molecular flexibility index (Phi) is 2.91. The monoisotopic (exact) mass is 245 g/mol. The molecule has 1 fully saturated rings. The summed E-state index contributed by atoms with van der Waals surface area (Å²) >= 11 is 0. The summed E-state index contributed by atoms with van der Waals surface area (Å²) in [5.74, 6) is 0.978. The van der Waals surface area contributed by atoms with Gasteiger partial charge in [0.25, 0.3) is 0 Å². The van der Waals surface area contributed by atoms with Gasteiger partial charge in [-0.15, -0.1) is 10.2 Å². The SMILES string of the molecule is CC1CCCCN1Cc1nnc2ccc(N)cn12. The Morgan fingerprint density at radius 2 is 2.22 bits per heavy atom. The Morgan fingerprint density at radius 3 is 3.06 bits per heavy atom. The number of pyridine rings is 1. The third kappa shape index (κ3) is 2.06. The fraction of sp³-hybridized carbons (Fsp3) is 0.538. The minimum Gasteiger partial charge on any atom is -0.398 e. The van der Waals surface area contributed by atoms with E-state index in [1.807, 2.05) is 22.7 Å². The molecule has 1 saturated heterocycles. The third-order valence-electron chi connectivity index (χ3n) is 3.78. The highest BCUT2D eigenvalue weighted by Crippen LogP contribution is 2.19. The van der Waals surface area contributed by atoms with E-state index in [0.29, 0.717) is 6.04 Å². The van der Waals surface area contributed by atoms with Crippen LogP contribution in [0.25, 0.3) is 5.65 Å². The van der Waals surface area contributed by atoms with Gasteiger partial charge in [-0.25, -0.2) is 0 Å². The van der Waals surface area contributed by atoms with E-state index < -0.39 is 0 Å². The molecule has 5 heteroatoms. The van der Waals surface area contributed by atoms with Crippen molar-refractivity contribution in [3.63, 3.8) is 0 Å². The average molecular weight is 245 g/mol. The maximum absolute atomic E-state index is 5.82. The number of nitrogen functional groups attached to an aromatic ring is 1. The van der Waals surface area contributed by atoms with Crippen LogP contribution in [0.4, 0.5) is 5.69 Å². The molecule has 0 radical (unpaired) electrons. The number of fused-ring (bicyclic) bond motifs is 1. The van der Waals surface area contributed by atoms with Crippen molar-refractivity contribution >= 4 is 11.3 Å². The van der Waals surface area contributed by atoms with Crippen LogP contribution in [0.3, 0.4) is 0 Å². The van der Waals surface area contributed by atoms with Gasteiger partial charge in [0.2, 0.25) is 0 Å². The Labute approximate surface area is 107 Å². The van der Waals surface area contributed by atoms with Crippen LogP contribution in [0.1, 0.15) is 32.0 Å². The first-order valence-corrected chi connectivity index (χ1v) is 6.57. The summed E-state index contributed by atoms with van der Waals surface area (Å²) in [4.78, 5) is 2.48. The van der Waals surface area contributed by atoms with E-state index in [1.165, 1.54) is 19.3 Å². The molecule has 2 N–H and O–H groups in total. The van der Waals surface area contributed by atoms with Gasteiger partial charge in [-0.3, -0.25) is 9.30 Å². The minimum atomic E-state index is 0.632. The maximum atomic E-state index is 5.82. The summed E-state index contributed by atoms with van der Waals surface area (Å²) in [7, 11) is 0. The molecule has 1 aliphatic rings. The van der Waals surface area contributed by atoms with Crippen molar-refractivity contribution in [3.8, 4) is 0 Å². The van der Waals surface area contributed by atoms with Gasteiger partial charge in [0.15, 0.2) is 11.5 Å². The fourth-order valence-corrected chi connectivity index (χ4v) is 2.64. The predicted octanol–water partition coefficient (Wildman–Crippen LogP) is 1.69.